The van der Waals surface area contributed by atoms with Crippen LogP contribution in [-0.2, 0) is 15.1 Å². The Balaban J connectivity index is 5.37. The molecule has 0 saturated carbocycles. The van der Waals surface area contributed by atoms with Crippen molar-refractivity contribution in [2.45, 2.75) is 33.2 Å². The first-order valence-corrected chi connectivity index (χ1v) is 5.35. The molecule has 0 aliphatic carbocycles. The van der Waals surface area contributed by atoms with E-state index in [9.17, 15) is 13.2 Å². The predicted octanol–water partition coefficient (Wildman–Crippen LogP) is 0.992. The summed E-state index contributed by atoms with van der Waals surface area (Å²) in [5.74, 6) is -0.806. The van der Waals surface area contributed by atoms with E-state index in [2.05, 4.69) is 6.58 Å². The highest BCUT2D eigenvalue weighted by Crippen LogP contribution is 2.19. The number of hydrogen-bond donors (Lipinski definition) is 1. The summed E-state index contributed by atoms with van der Waals surface area (Å²) in [6, 6.07) is 0. The molecule has 0 saturated heterocycles. The average molecular weight is 221 g/mol. The number of carbonyl (C=O) groups is 1. The molecule has 0 heterocycles. The average Bonchev–Trinajstić information content (AvgIpc) is 1.79. The standard InChI is InChI=1S/C8H15NO4S/c1-6(2)7(10)9(8(3,4)5)14(11,12)13/h1H2,2-5H3,(H,11,12,13). The molecule has 82 valence electrons. The van der Waals surface area contributed by atoms with Gasteiger partial charge in [-0.2, -0.15) is 8.42 Å². The molecule has 0 aliphatic rings. The Bertz CT molecular complexity index is 350. The van der Waals surface area contributed by atoms with Gasteiger partial charge in [-0.3, -0.25) is 9.35 Å². The van der Waals surface area contributed by atoms with Crippen LogP contribution >= 0.6 is 0 Å². The Kier molecular flexibility index (Phi) is 3.47. The first-order valence-electron chi connectivity index (χ1n) is 3.95. The summed E-state index contributed by atoms with van der Waals surface area (Å²) >= 11 is 0. The van der Waals surface area contributed by atoms with Crippen molar-refractivity contribution in [2.75, 3.05) is 0 Å². The predicted molar refractivity (Wildman–Crippen MR) is 53.0 cm³/mol. The van der Waals surface area contributed by atoms with Gasteiger partial charge in [0.2, 0.25) is 0 Å². The van der Waals surface area contributed by atoms with Gasteiger partial charge in [-0.05, 0) is 27.7 Å². The maximum atomic E-state index is 11.4. The lowest BCUT2D eigenvalue weighted by molar-refractivity contribution is -0.125. The quantitative estimate of drug-likeness (QED) is 0.557. The molecular weight excluding hydrogens is 206 g/mol. The van der Waals surface area contributed by atoms with E-state index in [0.29, 0.717) is 4.31 Å². The summed E-state index contributed by atoms with van der Waals surface area (Å²) in [6.45, 7) is 9.22. The summed E-state index contributed by atoms with van der Waals surface area (Å²) < 4.78 is 31.2. The van der Waals surface area contributed by atoms with Crippen LogP contribution in [0.5, 0.6) is 0 Å². The molecule has 0 radical (unpaired) electrons. The summed E-state index contributed by atoms with van der Waals surface area (Å²) in [5, 5.41) is 0. The molecule has 5 nitrogen and oxygen atoms in total. The molecule has 0 bridgehead atoms. The van der Waals surface area contributed by atoms with Gasteiger partial charge in [0, 0.05) is 5.57 Å². The van der Waals surface area contributed by atoms with Crippen LogP contribution in [0.3, 0.4) is 0 Å². The van der Waals surface area contributed by atoms with E-state index in [-0.39, 0.29) is 5.57 Å². The van der Waals surface area contributed by atoms with Crippen molar-refractivity contribution in [3.8, 4) is 0 Å². The van der Waals surface area contributed by atoms with Crippen LogP contribution in [0.15, 0.2) is 12.2 Å². The molecule has 0 spiro atoms. The van der Waals surface area contributed by atoms with Crippen molar-refractivity contribution in [3.63, 3.8) is 0 Å². The molecule has 0 aromatic rings. The van der Waals surface area contributed by atoms with Gasteiger partial charge < -0.3 is 0 Å². The summed E-state index contributed by atoms with van der Waals surface area (Å²) in [6.07, 6.45) is 0. The molecule has 0 unspecified atom stereocenters. The molecule has 14 heavy (non-hydrogen) atoms. The Morgan fingerprint density at radius 2 is 1.71 bits per heavy atom. The fraction of sp³-hybridized carbons (Fsp3) is 0.625. The minimum Gasteiger partial charge on any atom is -0.269 e. The van der Waals surface area contributed by atoms with Crippen LogP contribution in [0, 0.1) is 0 Å². The zero-order valence-corrected chi connectivity index (χ0v) is 9.55. The summed E-state index contributed by atoms with van der Waals surface area (Å²) in [4.78, 5) is 11.4. The van der Waals surface area contributed by atoms with E-state index in [4.69, 9.17) is 4.55 Å². The van der Waals surface area contributed by atoms with Crippen molar-refractivity contribution in [3.05, 3.63) is 12.2 Å². The van der Waals surface area contributed by atoms with Gasteiger partial charge in [0.25, 0.3) is 5.91 Å². The van der Waals surface area contributed by atoms with Gasteiger partial charge in [-0.1, -0.05) is 6.58 Å². The maximum absolute atomic E-state index is 11.4. The molecule has 1 N–H and O–H groups in total. The summed E-state index contributed by atoms with van der Waals surface area (Å²) in [5.41, 5.74) is -0.957. The highest BCUT2D eigenvalue weighted by molar-refractivity contribution is 7.84. The van der Waals surface area contributed by atoms with Gasteiger partial charge in [-0.15, -0.1) is 0 Å². The molecule has 0 atom stereocenters. The molecule has 0 aromatic heterocycles. The van der Waals surface area contributed by atoms with Crippen molar-refractivity contribution in [1.29, 1.82) is 0 Å². The first-order chi connectivity index (χ1) is 5.98. The van der Waals surface area contributed by atoms with Crippen LogP contribution < -0.4 is 0 Å². The highest BCUT2D eigenvalue weighted by atomic mass is 32.2. The van der Waals surface area contributed by atoms with Crippen molar-refractivity contribution in [2.24, 2.45) is 0 Å². The van der Waals surface area contributed by atoms with Crippen LogP contribution in [0.1, 0.15) is 27.7 Å². The van der Waals surface area contributed by atoms with Crippen LogP contribution in [0.25, 0.3) is 0 Å². The number of carbonyl (C=O) groups excluding carboxylic acids is 1. The lowest BCUT2D eigenvalue weighted by Crippen LogP contribution is -2.49. The third-order valence-electron chi connectivity index (χ3n) is 1.39. The van der Waals surface area contributed by atoms with Gasteiger partial charge in [0.15, 0.2) is 0 Å². The normalized spacial score (nSPS) is 12.4. The zero-order valence-electron chi connectivity index (χ0n) is 8.73. The van der Waals surface area contributed by atoms with Gasteiger partial charge in [-0.25, -0.2) is 4.31 Å². The highest BCUT2D eigenvalue weighted by Gasteiger charge is 2.35. The second-order valence-electron chi connectivity index (χ2n) is 4.00. The first kappa shape index (κ1) is 13.1. The smallest absolute Gasteiger partial charge is 0.269 e. The topological polar surface area (TPSA) is 74.7 Å². The second kappa shape index (κ2) is 3.70. The molecule has 6 heteroatoms. The van der Waals surface area contributed by atoms with Gasteiger partial charge in [0.05, 0.1) is 5.54 Å². The fourth-order valence-corrected chi connectivity index (χ4v) is 1.99. The SMILES string of the molecule is C=C(C)C(=O)N(C(C)(C)C)S(=O)(=O)O. The van der Waals surface area contributed by atoms with E-state index in [0.717, 1.165) is 0 Å². The Morgan fingerprint density at radius 3 is 1.79 bits per heavy atom. The van der Waals surface area contributed by atoms with E-state index in [1.807, 2.05) is 0 Å². The van der Waals surface area contributed by atoms with Crippen molar-refractivity contribution >= 4 is 16.2 Å². The third kappa shape index (κ3) is 3.12. The summed E-state index contributed by atoms with van der Waals surface area (Å²) in [7, 11) is -4.54. The minimum absolute atomic E-state index is 0.0533. The van der Waals surface area contributed by atoms with Crippen LogP contribution in [-0.4, -0.2) is 28.7 Å². The number of amides is 1. The number of hydrogen-bond acceptors (Lipinski definition) is 3. The zero-order chi connectivity index (χ0) is 11.7. The largest absolute Gasteiger partial charge is 0.362 e. The third-order valence-corrected chi connectivity index (χ3v) is 2.56. The van der Waals surface area contributed by atoms with E-state index < -0.39 is 21.8 Å². The Labute approximate surface area is 84.3 Å². The van der Waals surface area contributed by atoms with E-state index in [1.54, 1.807) is 0 Å². The van der Waals surface area contributed by atoms with E-state index in [1.165, 1.54) is 27.7 Å². The molecular formula is C8H15NO4S. The molecule has 1 amide bonds. The van der Waals surface area contributed by atoms with Crippen molar-refractivity contribution < 1.29 is 17.8 Å². The fourth-order valence-electron chi connectivity index (χ4n) is 0.929. The van der Waals surface area contributed by atoms with Crippen LogP contribution in [0.4, 0.5) is 0 Å². The Morgan fingerprint density at radius 1 is 1.36 bits per heavy atom. The van der Waals surface area contributed by atoms with Crippen molar-refractivity contribution in [1.82, 2.24) is 4.31 Å². The number of rotatable bonds is 2. The molecule has 0 aromatic carbocycles. The Hall–Kier alpha value is -0.880. The molecule has 0 fully saturated rings. The number of nitrogens with zero attached hydrogens (tertiary/aromatic N) is 1. The molecule has 0 rings (SSSR count). The van der Waals surface area contributed by atoms with E-state index >= 15 is 0 Å². The van der Waals surface area contributed by atoms with Crippen LogP contribution in [0.2, 0.25) is 0 Å². The second-order valence-corrected chi connectivity index (χ2v) is 5.26. The lowest BCUT2D eigenvalue weighted by Gasteiger charge is -2.31. The monoisotopic (exact) mass is 221 g/mol. The lowest BCUT2D eigenvalue weighted by atomic mass is 10.1. The maximum Gasteiger partial charge on any atom is 0.362 e. The van der Waals surface area contributed by atoms with Gasteiger partial charge >= 0.3 is 10.3 Å². The minimum atomic E-state index is -4.54. The van der Waals surface area contributed by atoms with Gasteiger partial charge in [0.1, 0.15) is 0 Å². The molecule has 0 aliphatic heterocycles.